The van der Waals surface area contributed by atoms with Crippen molar-refractivity contribution >= 4 is 21.8 Å². The summed E-state index contributed by atoms with van der Waals surface area (Å²) in [7, 11) is 0. The molecule has 0 fully saturated rings. The first-order valence-electron chi connectivity index (χ1n) is 12.7. The Balaban J connectivity index is 1.56. The van der Waals surface area contributed by atoms with Crippen molar-refractivity contribution in [3.8, 4) is 40.1 Å². The summed E-state index contributed by atoms with van der Waals surface area (Å²) in [4.78, 5) is 0. The number of fused-ring (bicyclic) bond motifs is 6. The molecule has 38 heavy (non-hydrogen) atoms. The van der Waals surface area contributed by atoms with Crippen LogP contribution >= 0.6 is 0 Å². The van der Waals surface area contributed by atoms with E-state index in [-0.39, 0.29) is 5.41 Å². The second-order valence-electron chi connectivity index (χ2n) is 10.4. The summed E-state index contributed by atoms with van der Waals surface area (Å²) in [5, 5.41) is 22.0. The second-order valence-corrected chi connectivity index (χ2v) is 10.4. The molecule has 0 bridgehead atoms. The first-order valence-corrected chi connectivity index (χ1v) is 12.7. The quantitative estimate of drug-likeness (QED) is 0.247. The number of nitrogens with zero attached hydrogens (tertiary/aromatic N) is 3. The maximum absolute atomic E-state index is 9.92. The van der Waals surface area contributed by atoms with E-state index < -0.39 is 0 Å². The van der Waals surface area contributed by atoms with E-state index in [1.807, 2.05) is 18.2 Å². The molecule has 1 aliphatic rings. The molecular weight excluding hydrogens is 462 g/mol. The van der Waals surface area contributed by atoms with Crippen LogP contribution in [0, 0.1) is 22.7 Å². The molecule has 1 aliphatic carbocycles. The van der Waals surface area contributed by atoms with Crippen LogP contribution in [0.15, 0.2) is 103 Å². The molecule has 0 unspecified atom stereocenters. The standard InChI is InChI=1S/C35H23N3/c1-35(2)29-14-5-3-11-25(29)26-18-17-24(19-30(26)35)38-31-15-6-4-12-27(31)34-28(13-8-16-32(34)38)33-22(20-36)9-7-10-23(33)21-37/h3-19H,1-2H3. The van der Waals surface area contributed by atoms with E-state index in [1.54, 1.807) is 18.2 Å². The first kappa shape index (κ1) is 22.1. The normalized spacial score (nSPS) is 13.2. The number of rotatable bonds is 2. The molecule has 0 spiro atoms. The SMILES string of the molecule is CC1(C)c2ccccc2-c2ccc(-n3c4ccccc4c4c(-c5c(C#N)cccc5C#N)cccc43)cc21. The maximum Gasteiger partial charge on any atom is 0.0998 e. The molecule has 1 heterocycles. The average molecular weight is 486 g/mol. The summed E-state index contributed by atoms with van der Waals surface area (Å²) < 4.78 is 2.31. The van der Waals surface area contributed by atoms with Gasteiger partial charge in [0.05, 0.1) is 34.3 Å². The van der Waals surface area contributed by atoms with Crippen molar-refractivity contribution in [1.82, 2.24) is 4.57 Å². The van der Waals surface area contributed by atoms with Crippen LogP contribution in [0.5, 0.6) is 0 Å². The fourth-order valence-electron chi connectivity index (χ4n) is 6.37. The highest BCUT2D eigenvalue weighted by molar-refractivity contribution is 6.16. The van der Waals surface area contributed by atoms with Crippen LogP contribution in [-0.2, 0) is 5.41 Å². The van der Waals surface area contributed by atoms with Gasteiger partial charge in [0.1, 0.15) is 0 Å². The maximum atomic E-state index is 9.92. The van der Waals surface area contributed by atoms with Crippen molar-refractivity contribution in [3.63, 3.8) is 0 Å². The fraction of sp³-hybridized carbons (Fsp3) is 0.0857. The van der Waals surface area contributed by atoms with Crippen LogP contribution in [0.2, 0.25) is 0 Å². The molecule has 1 aromatic heterocycles. The lowest BCUT2D eigenvalue weighted by atomic mass is 9.82. The highest BCUT2D eigenvalue weighted by Crippen LogP contribution is 2.49. The molecule has 0 radical (unpaired) electrons. The van der Waals surface area contributed by atoms with Crippen molar-refractivity contribution in [1.29, 1.82) is 10.5 Å². The molecule has 0 amide bonds. The van der Waals surface area contributed by atoms with Crippen LogP contribution in [0.1, 0.15) is 36.1 Å². The number of hydrogen-bond donors (Lipinski definition) is 0. The van der Waals surface area contributed by atoms with Crippen molar-refractivity contribution < 1.29 is 0 Å². The van der Waals surface area contributed by atoms with Gasteiger partial charge in [-0.2, -0.15) is 10.5 Å². The third-order valence-electron chi connectivity index (χ3n) is 8.10. The zero-order valence-corrected chi connectivity index (χ0v) is 21.2. The Kier molecular flexibility index (Phi) is 4.62. The monoisotopic (exact) mass is 485 g/mol. The summed E-state index contributed by atoms with van der Waals surface area (Å²) in [5.74, 6) is 0. The number of benzene rings is 5. The molecular formula is C35H23N3. The smallest absolute Gasteiger partial charge is 0.0998 e. The number of aromatic nitrogens is 1. The molecule has 5 aromatic carbocycles. The molecule has 0 saturated carbocycles. The first-order chi connectivity index (χ1) is 18.5. The minimum Gasteiger partial charge on any atom is -0.309 e. The number of nitriles is 2. The molecule has 0 saturated heterocycles. The van der Waals surface area contributed by atoms with Gasteiger partial charge in [-0.25, -0.2) is 0 Å². The molecule has 6 aromatic rings. The van der Waals surface area contributed by atoms with Crippen LogP contribution in [0.25, 0.3) is 49.7 Å². The van der Waals surface area contributed by atoms with Crippen molar-refractivity contribution in [2.75, 3.05) is 0 Å². The molecule has 0 atom stereocenters. The Labute approximate surface area is 221 Å². The van der Waals surface area contributed by atoms with Gasteiger partial charge in [0.2, 0.25) is 0 Å². The summed E-state index contributed by atoms with van der Waals surface area (Å²) in [5.41, 5.74) is 11.0. The highest BCUT2D eigenvalue weighted by atomic mass is 15.0. The van der Waals surface area contributed by atoms with E-state index in [0.29, 0.717) is 16.7 Å². The third kappa shape index (κ3) is 2.88. The Morgan fingerprint density at radius 2 is 1.24 bits per heavy atom. The zero-order chi connectivity index (χ0) is 26.0. The van der Waals surface area contributed by atoms with Crippen LogP contribution < -0.4 is 0 Å². The van der Waals surface area contributed by atoms with Gasteiger partial charge in [-0.05, 0) is 64.2 Å². The largest absolute Gasteiger partial charge is 0.309 e. The van der Waals surface area contributed by atoms with Gasteiger partial charge < -0.3 is 4.57 Å². The Morgan fingerprint density at radius 3 is 2.03 bits per heavy atom. The number of hydrogen-bond acceptors (Lipinski definition) is 2. The van der Waals surface area contributed by atoms with E-state index in [2.05, 4.69) is 97.3 Å². The lowest BCUT2D eigenvalue weighted by Crippen LogP contribution is -2.15. The lowest BCUT2D eigenvalue weighted by molar-refractivity contribution is 0.660. The third-order valence-corrected chi connectivity index (χ3v) is 8.10. The zero-order valence-electron chi connectivity index (χ0n) is 21.2. The number of para-hydroxylation sites is 1. The van der Waals surface area contributed by atoms with E-state index in [1.165, 1.54) is 22.3 Å². The Hall–Kier alpha value is -5.12. The highest BCUT2D eigenvalue weighted by Gasteiger charge is 2.35. The van der Waals surface area contributed by atoms with Gasteiger partial charge >= 0.3 is 0 Å². The van der Waals surface area contributed by atoms with Crippen molar-refractivity contribution in [3.05, 3.63) is 125 Å². The van der Waals surface area contributed by atoms with Crippen molar-refractivity contribution in [2.24, 2.45) is 0 Å². The molecule has 7 rings (SSSR count). The van der Waals surface area contributed by atoms with Gasteiger partial charge in [-0.15, -0.1) is 0 Å². The molecule has 0 N–H and O–H groups in total. The minimum atomic E-state index is -0.0979. The molecule has 3 nitrogen and oxygen atoms in total. The average Bonchev–Trinajstić information content (AvgIpc) is 3.42. The van der Waals surface area contributed by atoms with E-state index >= 15 is 0 Å². The van der Waals surface area contributed by atoms with Gasteiger partial charge in [0.15, 0.2) is 0 Å². The predicted molar refractivity (Wildman–Crippen MR) is 153 cm³/mol. The minimum absolute atomic E-state index is 0.0979. The molecule has 0 aliphatic heterocycles. The topological polar surface area (TPSA) is 52.5 Å². The Bertz CT molecular complexity index is 1990. The second kappa shape index (κ2) is 7.94. The van der Waals surface area contributed by atoms with E-state index in [4.69, 9.17) is 0 Å². The summed E-state index contributed by atoms with van der Waals surface area (Å²) in [6.45, 7) is 4.60. The summed E-state index contributed by atoms with van der Waals surface area (Å²) in [6, 6.07) is 40.0. The van der Waals surface area contributed by atoms with Crippen LogP contribution in [0.4, 0.5) is 0 Å². The Morgan fingerprint density at radius 1 is 0.605 bits per heavy atom. The van der Waals surface area contributed by atoms with Crippen LogP contribution in [0.3, 0.4) is 0 Å². The van der Waals surface area contributed by atoms with Crippen molar-refractivity contribution in [2.45, 2.75) is 19.3 Å². The van der Waals surface area contributed by atoms with E-state index in [9.17, 15) is 10.5 Å². The fourth-order valence-corrected chi connectivity index (χ4v) is 6.37. The van der Waals surface area contributed by atoms with Gasteiger partial charge in [-0.3, -0.25) is 0 Å². The molecule has 3 heteroatoms. The predicted octanol–water partition coefficient (Wildman–Crippen LogP) is 8.50. The van der Waals surface area contributed by atoms with Gasteiger partial charge in [0, 0.05) is 27.4 Å². The lowest BCUT2D eigenvalue weighted by Gasteiger charge is -2.22. The summed E-state index contributed by atoms with van der Waals surface area (Å²) >= 11 is 0. The van der Waals surface area contributed by atoms with E-state index in [0.717, 1.165) is 33.1 Å². The van der Waals surface area contributed by atoms with Crippen LogP contribution in [-0.4, -0.2) is 4.57 Å². The van der Waals surface area contributed by atoms with Gasteiger partial charge in [-0.1, -0.05) is 80.6 Å². The molecule has 178 valence electrons. The summed E-state index contributed by atoms with van der Waals surface area (Å²) in [6.07, 6.45) is 0. The van der Waals surface area contributed by atoms with Gasteiger partial charge in [0.25, 0.3) is 0 Å².